The third-order valence-corrected chi connectivity index (χ3v) is 4.09. The molecule has 0 bridgehead atoms. The molecule has 0 radical (unpaired) electrons. The zero-order valence-corrected chi connectivity index (χ0v) is 12.0. The normalized spacial score (nSPS) is 24.3. The average Bonchev–Trinajstić information content (AvgIpc) is 2.33. The van der Waals surface area contributed by atoms with E-state index in [-0.39, 0.29) is 11.8 Å². The Balaban J connectivity index is 2.26. The predicted octanol–water partition coefficient (Wildman–Crippen LogP) is 3.26. The molecule has 3 heteroatoms. The largest absolute Gasteiger partial charge is 0.356 e. The molecule has 1 amide bonds. The highest BCUT2D eigenvalue weighted by Crippen LogP contribution is 2.39. The summed E-state index contributed by atoms with van der Waals surface area (Å²) in [5.41, 5.74) is 0.369. The van der Waals surface area contributed by atoms with E-state index in [1.807, 2.05) is 0 Å². The Hall–Kier alpha value is -1.04. The summed E-state index contributed by atoms with van der Waals surface area (Å²) < 4.78 is 0. The van der Waals surface area contributed by atoms with E-state index < -0.39 is 0 Å². The Morgan fingerprint density at radius 2 is 1.89 bits per heavy atom. The molecule has 1 saturated carbocycles. The van der Waals surface area contributed by atoms with E-state index in [4.69, 9.17) is 5.26 Å². The first-order valence-electron chi connectivity index (χ1n) is 7.10. The number of carbonyl (C=O) groups excluding carboxylic acids is 1. The molecule has 0 aromatic rings. The average molecular weight is 250 g/mol. The molecule has 1 aliphatic carbocycles. The minimum atomic E-state index is 0.195. The molecule has 1 fully saturated rings. The van der Waals surface area contributed by atoms with Gasteiger partial charge in [-0.25, -0.2) is 0 Å². The summed E-state index contributed by atoms with van der Waals surface area (Å²) in [6.45, 7) is 7.52. The molecule has 0 saturated heterocycles. The molecule has 1 aliphatic rings. The Morgan fingerprint density at radius 3 is 2.39 bits per heavy atom. The van der Waals surface area contributed by atoms with Crippen molar-refractivity contribution < 1.29 is 4.79 Å². The molecular weight excluding hydrogens is 224 g/mol. The van der Waals surface area contributed by atoms with Crippen LogP contribution in [0.2, 0.25) is 0 Å². The first-order valence-corrected chi connectivity index (χ1v) is 7.10. The molecule has 0 heterocycles. The van der Waals surface area contributed by atoms with Gasteiger partial charge in [0.15, 0.2) is 0 Å². The molecule has 0 aromatic carbocycles. The predicted molar refractivity (Wildman–Crippen MR) is 72.8 cm³/mol. The number of hydrogen-bond acceptors (Lipinski definition) is 2. The van der Waals surface area contributed by atoms with Gasteiger partial charge in [0.25, 0.3) is 0 Å². The summed E-state index contributed by atoms with van der Waals surface area (Å²) in [4.78, 5) is 11.9. The van der Waals surface area contributed by atoms with Crippen LogP contribution in [0, 0.1) is 28.6 Å². The second-order valence-corrected chi connectivity index (χ2v) is 6.47. The van der Waals surface area contributed by atoms with Gasteiger partial charge in [0.2, 0.25) is 5.91 Å². The molecule has 102 valence electrons. The molecule has 18 heavy (non-hydrogen) atoms. The third-order valence-electron chi connectivity index (χ3n) is 4.09. The molecular formula is C15H26N2O. The minimum absolute atomic E-state index is 0.195. The summed E-state index contributed by atoms with van der Waals surface area (Å²) in [5.74, 6) is 1.14. The van der Waals surface area contributed by atoms with Gasteiger partial charge in [0.05, 0.1) is 6.07 Å². The zero-order chi connectivity index (χ0) is 13.6. The van der Waals surface area contributed by atoms with Gasteiger partial charge in [0.1, 0.15) is 0 Å². The molecule has 3 nitrogen and oxygen atoms in total. The van der Waals surface area contributed by atoms with Crippen LogP contribution in [0.1, 0.15) is 59.3 Å². The first-order chi connectivity index (χ1) is 8.45. The molecule has 0 aromatic heterocycles. The number of nitrogens with zero attached hydrogens (tertiary/aromatic N) is 1. The quantitative estimate of drug-likeness (QED) is 0.779. The Bertz CT molecular complexity index is 303. The maximum absolute atomic E-state index is 11.9. The van der Waals surface area contributed by atoms with Crippen LogP contribution in [0.25, 0.3) is 0 Å². The minimum Gasteiger partial charge on any atom is -0.356 e. The maximum atomic E-state index is 11.9. The van der Waals surface area contributed by atoms with Crippen LogP contribution >= 0.6 is 0 Å². The van der Waals surface area contributed by atoms with E-state index in [1.54, 1.807) is 0 Å². The first kappa shape index (κ1) is 15.0. The van der Waals surface area contributed by atoms with Crippen LogP contribution in [0.3, 0.4) is 0 Å². The van der Waals surface area contributed by atoms with Gasteiger partial charge in [-0.15, -0.1) is 0 Å². The number of rotatable bonds is 4. The summed E-state index contributed by atoms with van der Waals surface area (Å²) >= 11 is 0. The van der Waals surface area contributed by atoms with E-state index >= 15 is 0 Å². The number of amides is 1. The van der Waals surface area contributed by atoms with E-state index in [0.29, 0.717) is 18.4 Å². The van der Waals surface area contributed by atoms with Gasteiger partial charge in [0, 0.05) is 18.9 Å². The third kappa shape index (κ3) is 4.68. The van der Waals surface area contributed by atoms with Crippen LogP contribution in [0.15, 0.2) is 0 Å². The fourth-order valence-corrected chi connectivity index (χ4v) is 2.74. The number of hydrogen-bond donors (Lipinski definition) is 1. The maximum Gasteiger partial charge on any atom is 0.223 e. The highest BCUT2D eigenvalue weighted by Gasteiger charge is 2.32. The fraction of sp³-hybridized carbons (Fsp3) is 0.867. The lowest BCUT2D eigenvalue weighted by atomic mass is 9.69. The SMILES string of the molecule is CC(C)(C)C1CCC(C(=O)NCCCC#N)CC1. The highest BCUT2D eigenvalue weighted by atomic mass is 16.1. The fourth-order valence-electron chi connectivity index (χ4n) is 2.74. The Kier molecular flexibility index (Phi) is 5.65. The number of unbranched alkanes of at least 4 members (excludes halogenated alkanes) is 1. The molecule has 0 spiro atoms. The van der Waals surface area contributed by atoms with Crippen molar-refractivity contribution in [3.63, 3.8) is 0 Å². The molecule has 0 aliphatic heterocycles. The van der Waals surface area contributed by atoms with E-state index in [0.717, 1.165) is 25.2 Å². The van der Waals surface area contributed by atoms with Crippen molar-refractivity contribution in [2.45, 2.75) is 59.3 Å². The lowest BCUT2D eigenvalue weighted by molar-refractivity contribution is -0.126. The van der Waals surface area contributed by atoms with Crippen molar-refractivity contribution in [3.05, 3.63) is 0 Å². The summed E-state index contributed by atoms with van der Waals surface area (Å²) in [5, 5.41) is 11.4. The summed E-state index contributed by atoms with van der Waals surface area (Å²) in [6, 6.07) is 2.09. The lowest BCUT2D eigenvalue weighted by Crippen LogP contribution is -2.35. The summed E-state index contributed by atoms with van der Waals surface area (Å²) in [6.07, 6.45) is 5.66. The van der Waals surface area contributed by atoms with Crippen molar-refractivity contribution in [2.24, 2.45) is 17.3 Å². The molecule has 1 rings (SSSR count). The molecule has 0 unspecified atom stereocenters. The number of nitrogens with one attached hydrogen (secondary N) is 1. The molecule has 1 N–H and O–H groups in total. The van der Waals surface area contributed by atoms with Crippen molar-refractivity contribution >= 4 is 5.91 Å². The highest BCUT2D eigenvalue weighted by molar-refractivity contribution is 5.78. The van der Waals surface area contributed by atoms with Crippen LogP contribution in [-0.2, 0) is 4.79 Å². The van der Waals surface area contributed by atoms with Crippen LogP contribution < -0.4 is 5.32 Å². The van der Waals surface area contributed by atoms with Gasteiger partial charge in [-0.1, -0.05) is 20.8 Å². The lowest BCUT2D eigenvalue weighted by Gasteiger charge is -2.36. The van der Waals surface area contributed by atoms with Gasteiger partial charge in [-0.05, 0) is 43.4 Å². The van der Waals surface area contributed by atoms with Gasteiger partial charge >= 0.3 is 0 Å². The van der Waals surface area contributed by atoms with Crippen LogP contribution in [-0.4, -0.2) is 12.5 Å². The van der Waals surface area contributed by atoms with Gasteiger partial charge in [-0.3, -0.25) is 4.79 Å². The van der Waals surface area contributed by atoms with Gasteiger partial charge in [-0.2, -0.15) is 5.26 Å². The standard InChI is InChI=1S/C15H26N2O/c1-15(2,3)13-8-6-12(7-9-13)14(18)17-11-5-4-10-16/h12-13H,4-9,11H2,1-3H3,(H,17,18). The molecule has 0 atom stereocenters. The van der Waals surface area contributed by atoms with E-state index in [1.165, 1.54) is 12.8 Å². The Morgan fingerprint density at radius 1 is 1.28 bits per heavy atom. The topological polar surface area (TPSA) is 52.9 Å². The number of carbonyl (C=O) groups is 1. The van der Waals surface area contributed by atoms with E-state index in [9.17, 15) is 4.79 Å². The van der Waals surface area contributed by atoms with Crippen molar-refractivity contribution in [1.82, 2.24) is 5.32 Å². The Labute approximate surface area is 111 Å². The van der Waals surface area contributed by atoms with Gasteiger partial charge < -0.3 is 5.32 Å². The summed E-state index contributed by atoms with van der Waals surface area (Å²) in [7, 11) is 0. The van der Waals surface area contributed by atoms with Crippen molar-refractivity contribution in [2.75, 3.05) is 6.54 Å². The van der Waals surface area contributed by atoms with Crippen LogP contribution in [0.5, 0.6) is 0 Å². The second kappa shape index (κ2) is 6.78. The second-order valence-electron chi connectivity index (χ2n) is 6.47. The van der Waals surface area contributed by atoms with E-state index in [2.05, 4.69) is 32.2 Å². The zero-order valence-electron chi connectivity index (χ0n) is 12.0. The van der Waals surface area contributed by atoms with Crippen molar-refractivity contribution in [1.29, 1.82) is 5.26 Å². The van der Waals surface area contributed by atoms with Crippen LogP contribution in [0.4, 0.5) is 0 Å². The number of nitriles is 1. The monoisotopic (exact) mass is 250 g/mol. The smallest absolute Gasteiger partial charge is 0.223 e. The van der Waals surface area contributed by atoms with Crippen molar-refractivity contribution in [3.8, 4) is 6.07 Å².